The summed E-state index contributed by atoms with van der Waals surface area (Å²) in [6, 6.07) is 8.65. The Labute approximate surface area is 177 Å². The lowest BCUT2D eigenvalue weighted by Gasteiger charge is -2.30. The molecule has 0 saturated carbocycles. The molecule has 0 saturated heterocycles. The van der Waals surface area contributed by atoms with Crippen molar-refractivity contribution in [1.82, 2.24) is 24.6 Å². The molecule has 1 N–H and O–H groups in total. The van der Waals surface area contributed by atoms with Gasteiger partial charge in [-0.1, -0.05) is 0 Å². The van der Waals surface area contributed by atoms with Gasteiger partial charge < -0.3 is 10.2 Å². The van der Waals surface area contributed by atoms with Crippen molar-refractivity contribution in [1.29, 1.82) is 0 Å². The second-order valence-electron chi connectivity index (χ2n) is 7.62. The SMILES string of the molecule is Cc1ccc(Nc2cnc3c(c2)CN(c2nn4c(=O)ccnc4cc2C)CC3)c(F)n1. The van der Waals surface area contributed by atoms with E-state index in [1.54, 1.807) is 25.3 Å². The topological polar surface area (TPSA) is 88.3 Å². The molecule has 1 aliphatic heterocycles. The highest BCUT2D eigenvalue weighted by molar-refractivity contribution is 5.61. The summed E-state index contributed by atoms with van der Waals surface area (Å²) in [5, 5.41) is 7.61. The maximum Gasteiger partial charge on any atom is 0.274 e. The molecule has 5 rings (SSSR count). The molecule has 0 spiro atoms. The predicted octanol–water partition coefficient (Wildman–Crippen LogP) is 2.94. The Balaban J connectivity index is 1.45. The summed E-state index contributed by atoms with van der Waals surface area (Å²) in [7, 11) is 0. The van der Waals surface area contributed by atoms with E-state index in [0.29, 0.717) is 29.3 Å². The standard InChI is InChI=1S/C22H20FN7O/c1-13-9-19-24-7-5-20(31)30(19)28-22(13)29-8-6-17-15(12-29)10-16(11-25-17)27-18-4-3-14(2)26-21(18)23/h3-5,7,9-11,27H,6,8,12H2,1-2H3. The van der Waals surface area contributed by atoms with Crippen molar-refractivity contribution in [2.75, 3.05) is 16.8 Å². The first-order valence-corrected chi connectivity index (χ1v) is 9.96. The van der Waals surface area contributed by atoms with Gasteiger partial charge in [-0.25, -0.2) is 9.97 Å². The van der Waals surface area contributed by atoms with E-state index in [2.05, 4.69) is 30.3 Å². The molecule has 4 aromatic heterocycles. The Bertz CT molecular complexity index is 1370. The van der Waals surface area contributed by atoms with Gasteiger partial charge in [0.25, 0.3) is 5.56 Å². The third kappa shape index (κ3) is 3.58. The van der Waals surface area contributed by atoms with E-state index < -0.39 is 5.95 Å². The van der Waals surface area contributed by atoms with Crippen molar-refractivity contribution in [2.24, 2.45) is 0 Å². The van der Waals surface area contributed by atoms with E-state index in [0.717, 1.165) is 35.6 Å². The summed E-state index contributed by atoms with van der Waals surface area (Å²) >= 11 is 0. The third-order valence-corrected chi connectivity index (χ3v) is 5.35. The lowest BCUT2D eigenvalue weighted by atomic mass is 10.0. The fourth-order valence-corrected chi connectivity index (χ4v) is 3.81. The van der Waals surface area contributed by atoms with E-state index in [9.17, 15) is 9.18 Å². The highest BCUT2D eigenvalue weighted by Crippen LogP contribution is 2.27. The van der Waals surface area contributed by atoms with Crippen molar-refractivity contribution in [3.05, 3.63) is 81.5 Å². The summed E-state index contributed by atoms with van der Waals surface area (Å²) in [4.78, 5) is 26.9. The van der Waals surface area contributed by atoms with Crippen molar-refractivity contribution >= 4 is 22.8 Å². The molecule has 156 valence electrons. The van der Waals surface area contributed by atoms with Crippen LogP contribution in [0.1, 0.15) is 22.5 Å². The maximum atomic E-state index is 14.1. The van der Waals surface area contributed by atoms with Gasteiger partial charge in [-0.15, -0.1) is 5.10 Å². The minimum Gasteiger partial charge on any atom is -0.351 e. The molecule has 4 aromatic rings. The Morgan fingerprint density at radius 2 is 2.00 bits per heavy atom. The van der Waals surface area contributed by atoms with Crippen LogP contribution in [0.4, 0.5) is 21.6 Å². The molecular weight excluding hydrogens is 397 g/mol. The fraction of sp³-hybridized carbons (Fsp3) is 0.227. The summed E-state index contributed by atoms with van der Waals surface area (Å²) in [6.45, 7) is 5.02. The van der Waals surface area contributed by atoms with Crippen molar-refractivity contribution in [3.63, 3.8) is 0 Å². The van der Waals surface area contributed by atoms with Crippen LogP contribution < -0.4 is 15.8 Å². The lowest BCUT2D eigenvalue weighted by molar-refractivity contribution is 0.584. The monoisotopic (exact) mass is 417 g/mol. The molecule has 0 atom stereocenters. The van der Waals surface area contributed by atoms with Crippen LogP contribution in [0.5, 0.6) is 0 Å². The number of pyridine rings is 2. The largest absolute Gasteiger partial charge is 0.351 e. The molecule has 5 heterocycles. The number of nitrogens with one attached hydrogen (secondary N) is 1. The van der Waals surface area contributed by atoms with Gasteiger partial charge in [-0.2, -0.15) is 8.91 Å². The Kier molecular flexibility index (Phi) is 4.58. The first-order chi connectivity index (χ1) is 15.0. The average molecular weight is 417 g/mol. The van der Waals surface area contributed by atoms with Crippen LogP contribution in [0.25, 0.3) is 5.65 Å². The number of aromatic nitrogens is 5. The van der Waals surface area contributed by atoms with Gasteiger partial charge in [0.1, 0.15) is 0 Å². The molecule has 0 fully saturated rings. The van der Waals surface area contributed by atoms with Gasteiger partial charge in [-0.3, -0.25) is 9.78 Å². The van der Waals surface area contributed by atoms with E-state index in [-0.39, 0.29) is 5.56 Å². The minimum atomic E-state index is -0.547. The van der Waals surface area contributed by atoms with Crippen LogP contribution in [0.3, 0.4) is 0 Å². The van der Waals surface area contributed by atoms with Crippen molar-refractivity contribution in [2.45, 2.75) is 26.8 Å². The number of aryl methyl sites for hydroxylation is 2. The molecule has 0 amide bonds. The molecule has 1 aliphatic rings. The minimum absolute atomic E-state index is 0.217. The zero-order chi connectivity index (χ0) is 21.5. The van der Waals surface area contributed by atoms with E-state index in [1.165, 1.54) is 16.8 Å². The lowest BCUT2D eigenvalue weighted by Crippen LogP contribution is -2.33. The molecule has 0 aromatic carbocycles. The number of anilines is 3. The van der Waals surface area contributed by atoms with Crippen LogP contribution in [0, 0.1) is 19.8 Å². The number of halogens is 1. The molecule has 31 heavy (non-hydrogen) atoms. The predicted molar refractivity (Wildman–Crippen MR) is 115 cm³/mol. The van der Waals surface area contributed by atoms with Crippen LogP contribution in [-0.4, -0.2) is 31.1 Å². The smallest absolute Gasteiger partial charge is 0.274 e. The van der Waals surface area contributed by atoms with Gasteiger partial charge in [0.05, 0.1) is 17.6 Å². The Hall–Kier alpha value is -3.88. The van der Waals surface area contributed by atoms with Crippen molar-refractivity contribution < 1.29 is 4.39 Å². The van der Waals surface area contributed by atoms with Gasteiger partial charge in [-0.05, 0) is 49.2 Å². The van der Waals surface area contributed by atoms with Crippen molar-refractivity contribution in [3.8, 4) is 0 Å². The van der Waals surface area contributed by atoms with Gasteiger partial charge in [0.2, 0.25) is 5.95 Å². The quantitative estimate of drug-likeness (QED) is 0.513. The number of hydrogen-bond donors (Lipinski definition) is 1. The van der Waals surface area contributed by atoms with Crippen LogP contribution in [0.2, 0.25) is 0 Å². The number of fused-ring (bicyclic) bond motifs is 2. The fourth-order valence-electron chi connectivity index (χ4n) is 3.81. The summed E-state index contributed by atoms with van der Waals surface area (Å²) < 4.78 is 15.4. The molecule has 0 bridgehead atoms. The van der Waals surface area contributed by atoms with Gasteiger partial charge in [0, 0.05) is 43.2 Å². The molecule has 0 unspecified atom stereocenters. The molecule has 9 heteroatoms. The normalized spacial score (nSPS) is 13.3. The second kappa shape index (κ2) is 7.42. The first-order valence-electron chi connectivity index (χ1n) is 9.96. The molecule has 0 radical (unpaired) electrons. The summed E-state index contributed by atoms with van der Waals surface area (Å²) in [5.74, 6) is 0.190. The molecular formula is C22H20FN7O. The van der Waals surface area contributed by atoms with Gasteiger partial charge >= 0.3 is 0 Å². The third-order valence-electron chi connectivity index (χ3n) is 5.35. The number of rotatable bonds is 3. The first kappa shape index (κ1) is 19.1. The van der Waals surface area contributed by atoms with Gasteiger partial charge in [0.15, 0.2) is 11.5 Å². The Morgan fingerprint density at radius 3 is 2.84 bits per heavy atom. The molecule has 0 aliphatic carbocycles. The van der Waals surface area contributed by atoms with Crippen LogP contribution in [0.15, 0.2) is 47.5 Å². The number of nitrogens with zero attached hydrogens (tertiary/aromatic N) is 6. The summed E-state index contributed by atoms with van der Waals surface area (Å²) in [6.07, 6.45) is 3.94. The van der Waals surface area contributed by atoms with Crippen LogP contribution >= 0.6 is 0 Å². The second-order valence-corrected chi connectivity index (χ2v) is 7.62. The highest BCUT2D eigenvalue weighted by atomic mass is 19.1. The van der Waals surface area contributed by atoms with E-state index in [1.807, 2.05) is 19.1 Å². The van der Waals surface area contributed by atoms with Crippen LogP contribution in [-0.2, 0) is 13.0 Å². The summed E-state index contributed by atoms with van der Waals surface area (Å²) in [5.41, 5.74) is 4.89. The zero-order valence-electron chi connectivity index (χ0n) is 17.1. The van der Waals surface area contributed by atoms with E-state index in [4.69, 9.17) is 0 Å². The Morgan fingerprint density at radius 1 is 1.13 bits per heavy atom. The van der Waals surface area contributed by atoms with E-state index >= 15 is 0 Å². The zero-order valence-corrected chi connectivity index (χ0v) is 17.1. The number of hydrogen-bond acceptors (Lipinski definition) is 7. The average Bonchev–Trinajstić information content (AvgIpc) is 2.75. The molecule has 8 nitrogen and oxygen atoms in total. The maximum absolute atomic E-state index is 14.1. The highest BCUT2D eigenvalue weighted by Gasteiger charge is 2.21.